The fraction of sp³-hybridized carbons (Fsp3) is 0.500. The van der Waals surface area contributed by atoms with Crippen LogP contribution in [0.25, 0.3) is 11.5 Å². The lowest BCUT2D eigenvalue weighted by molar-refractivity contribution is 0.144. The Labute approximate surface area is 139 Å². The molecule has 2 aromatic rings. The van der Waals surface area contributed by atoms with Gasteiger partial charge < -0.3 is 13.9 Å². The van der Waals surface area contributed by atoms with E-state index >= 15 is 0 Å². The fourth-order valence-corrected chi connectivity index (χ4v) is 3.11. The highest BCUT2D eigenvalue weighted by atomic mass is 32.1. The van der Waals surface area contributed by atoms with Crippen molar-refractivity contribution in [3.63, 3.8) is 0 Å². The van der Waals surface area contributed by atoms with Gasteiger partial charge in [-0.2, -0.15) is 0 Å². The molecule has 0 amide bonds. The van der Waals surface area contributed by atoms with Gasteiger partial charge in [0.15, 0.2) is 11.5 Å². The van der Waals surface area contributed by atoms with Crippen LogP contribution in [0.3, 0.4) is 0 Å². The molecule has 0 aliphatic carbocycles. The topological polar surface area (TPSA) is 52.7 Å². The van der Waals surface area contributed by atoms with Gasteiger partial charge in [0.05, 0.1) is 6.67 Å². The van der Waals surface area contributed by atoms with Gasteiger partial charge in [0.25, 0.3) is 4.84 Å². The van der Waals surface area contributed by atoms with Crippen LogP contribution in [-0.4, -0.2) is 34.6 Å². The van der Waals surface area contributed by atoms with Gasteiger partial charge in [-0.1, -0.05) is 6.92 Å². The Morgan fingerprint density at radius 2 is 2.00 bits per heavy atom. The van der Waals surface area contributed by atoms with Gasteiger partial charge in [-0.05, 0) is 49.2 Å². The van der Waals surface area contributed by atoms with E-state index < -0.39 is 0 Å². The number of aromatic nitrogens is 2. The maximum absolute atomic E-state index is 5.67. The zero-order chi connectivity index (χ0) is 15.8. The summed E-state index contributed by atoms with van der Waals surface area (Å²) < 4.78 is 18.1. The van der Waals surface area contributed by atoms with Crippen LogP contribution in [0.5, 0.6) is 11.5 Å². The molecule has 0 radical (unpaired) electrons. The van der Waals surface area contributed by atoms with Gasteiger partial charge in [-0.3, -0.25) is 4.90 Å². The number of hydrogen-bond acceptors (Lipinski definition) is 6. The van der Waals surface area contributed by atoms with E-state index in [1.165, 1.54) is 12.8 Å². The second-order valence-electron chi connectivity index (χ2n) is 6.18. The summed E-state index contributed by atoms with van der Waals surface area (Å²) in [6.45, 7) is 5.39. The third-order valence-electron chi connectivity index (χ3n) is 4.44. The third kappa shape index (κ3) is 2.98. The van der Waals surface area contributed by atoms with Crippen molar-refractivity contribution < 1.29 is 13.9 Å². The normalized spacial score (nSPS) is 18.5. The molecule has 0 bridgehead atoms. The summed E-state index contributed by atoms with van der Waals surface area (Å²) in [5.41, 5.74) is 0.839. The van der Waals surface area contributed by atoms with Crippen molar-refractivity contribution in [2.24, 2.45) is 5.92 Å². The molecule has 0 unspecified atom stereocenters. The molecule has 1 saturated heterocycles. The molecule has 0 atom stereocenters. The van der Waals surface area contributed by atoms with Gasteiger partial charge >= 0.3 is 0 Å². The first-order valence-electron chi connectivity index (χ1n) is 7.89. The maximum Gasteiger partial charge on any atom is 0.288 e. The molecule has 23 heavy (non-hydrogen) atoms. The van der Waals surface area contributed by atoms with E-state index in [1.54, 1.807) is 4.68 Å². The van der Waals surface area contributed by atoms with Crippen LogP contribution >= 0.6 is 12.2 Å². The molecule has 6 nitrogen and oxygen atoms in total. The number of nitrogens with zero attached hydrogens (tertiary/aromatic N) is 3. The van der Waals surface area contributed by atoms with E-state index in [9.17, 15) is 0 Å². The van der Waals surface area contributed by atoms with E-state index in [4.69, 9.17) is 26.1 Å². The van der Waals surface area contributed by atoms with Crippen LogP contribution in [0, 0.1) is 10.8 Å². The minimum atomic E-state index is 0.254. The molecule has 1 aromatic heterocycles. The first-order chi connectivity index (χ1) is 11.2. The van der Waals surface area contributed by atoms with Crippen LogP contribution in [0.15, 0.2) is 22.6 Å². The van der Waals surface area contributed by atoms with Crippen LogP contribution in [-0.2, 0) is 6.67 Å². The van der Waals surface area contributed by atoms with Crippen molar-refractivity contribution in [1.82, 2.24) is 14.7 Å². The Morgan fingerprint density at radius 1 is 1.22 bits per heavy atom. The minimum absolute atomic E-state index is 0.254. The van der Waals surface area contributed by atoms with Crippen molar-refractivity contribution >= 4 is 12.2 Å². The van der Waals surface area contributed by atoms with Crippen LogP contribution < -0.4 is 9.47 Å². The molecule has 2 aliphatic heterocycles. The largest absolute Gasteiger partial charge is 0.454 e. The van der Waals surface area contributed by atoms with Gasteiger partial charge in [-0.25, -0.2) is 4.68 Å². The van der Waals surface area contributed by atoms with E-state index in [1.807, 2.05) is 18.2 Å². The summed E-state index contributed by atoms with van der Waals surface area (Å²) in [5.74, 6) is 2.77. The lowest BCUT2D eigenvalue weighted by Crippen LogP contribution is -2.34. The van der Waals surface area contributed by atoms with Crippen molar-refractivity contribution in [3.8, 4) is 23.0 Å². The summed E-state index contributed by atoms with van der Waals surface area (Å²) in [4.78, 5) is 2.76. The van der Waals surface area contributed by atoms with Crippen LogP contribution in [0.1, 0.15) is 19.8 Å². The van der Waals surface area contributed by atoms with E-state index in [0.717, 1.165) is 30.3 Å². The molecule has 1 fully saturated rings. The first-order valence-corrected chi connectivity index (χ1v) is 8.30. The van der Waals surface area contributed by atoms with Gasteiger partial charge in [0.1, 0.15) is 0 Å². The van der Waals surface area contributed by atoms with Crippen molar-refractivity contribution in [2.75, 3.05) is 19.9 Å². The van der Waals surface area contributed by atoms with Crippen molar-refractivity contribution in [3.05, 3.63) is 23.0 Å². The highest BCUT2D eigenvalue weighted by molar-refractivity contribution is 7.71. The minimum Gasteiger partial charge on any atom is -0.454 e. The SMILES string of the molecule is CC1CCN(Cn2nc(-c3ccc4c(c3)OCO4)oc2=S)CC1. The van der Waals surface area contributed by atoms with Crippen molar-refractivity contribution in [1.29, 1.82) is 0 Å². The number of ether oxygens (including phenoxy) is 2. The molecule has 2 aliphatic rings. The van der Waals surface area contributed by atoms with E-state index in [2.05, 4.69) is 16.9 Å². The molecule has 7 heteroatoms. The first kappa shape index (κ1) is 14.7. The number of benzene rings is 1. The predicted octanol–water partition coefficient (Wildman–Crippen LogP) is 3.29. The Morgan fingerprint density at radius 3 is 2.83 bits per heavy atom. The Bertz CT molecular complexity index is 762. The molecule has 4 rings (SSSR count). The van der Waals surface area contributed by atoms with E-state index in [-0.39, 0.29) is 6.79 Å². The fourth-order valence-electron chi connectivity index (χ4n) is 2.93. The lowest BCUT2D eigenvalue weighted by atomic mass is 10.00. The highest BCUT2D eigenvalue weighted by Gasteiger charge is 2.19. The molecule has 0 spiro atoms. The van der Waals surface area contributed by atoms with Crippen LogP contribution in [0.2, 0.25) is 0 Å². The van der Waals surface area contributed by atoms with E-state index in [0.29, 0.717) is 23.1 Å². The van der Waals surface area contributed by atoms with Crippen molar-refractivity contribution in [2.45, 2.75) is 26.4 Å². The maximum atomic E-state index is 5.67. The standard InChI is InChI=1S/C16H19N3O3S/c1-11-4-6-18(7-5-11)9-19-16(23)22-15(17-19)12-2-3-13-14(8-12)21-10-20-13/h2-3,8,11H,4-7,9-10H2,1H3. The Kier molecular flexibility index (Phi) is 3.82. The van der Waals surface area contributed by atoms with Crippen LogP contribution in [0.4, 0.5) is 0 Å². The average Bonchev–Trinajstić information content (AvgIpc) is 3.16. The second kappa shape index (κ2) is 5.98. The lowest BCUT2D eigenvalue weighted by Gasteiger charge is -2.29. The number of piperidine rings is 1. The zero-order valence-electron chi connectivity index (χ0n) is 13.0. The zero-order valence-corrected chi connectivity index (χ0v) is 13.8. The van der Waals surface area contributed by atoms with Gasteiger partial charge in [0, 0.05) is 18.7 Å². The molecule has 122 valence electrons. The summed E-state index contributed by atoms with van der Waals surface area (Å²) >= 11 is 5.32. The molecule has 0 saturated carbocycles. The molecular weight excluding hydrogens is 314 g/mol. The molecule has 1 aromatic carbocycles. The summed E-state index contributed by atoms with van der Waals surface area (Å²) in [5, 5.41) is 4.53. The number of rotatable bonds is 3. The smallest absolute Gasteiger partial charge is 0.288 e. The Balaban J connectivity index is 1.54. The predicted molar refractivity (Wildman–Crippen MR) is 86.9 cm³/mol. The molecular formula is C16H19N3O3S. The molecule has 0 N–H and O–H groups in total. The summed E-state index contributed by atoms with van der Waals surface area (Å²) in [7, 11) is 0. The number of likely N-dealkylation sites (tertiary alicyclic amines) is 1. The number of hydrogen-bond donors (Lipinski definition) is 0. The second-order valence-corrected chi connectivity index (χ2v) is 6.53. The quantitative estimate of drug-likeness (QED) is 0.804. The molecule has 3 heterocycles. The summed E-state index contributed by atoms with van der Waals surface area (Å²) in [6.07, 6.45) is 2.44. The van der Waals surface area contributed by atoms with Gasteiger partial charge in [-0.15, -0.1) is 5.10 Å². The monoisotopic (exact) mass is 333 g/mol. The summed E-state index contributed by atoms with van der Waals surface area (Å²) in [6, 6.07) is 5.64. The third-order valence-corrected chi connectivity index (χ3v) is 4.73. The Hall–Kier alpha value is -1.86. The van der Waals surface area contributed by atoms with Gasteiger partial charge in [0.2, 0.25) is 12.7 Å². The highest BCUT2D eigenvalue weighted by Crippen LogP contribution is 2.35. The average molecular weight is 333 g/mol. The number of fused-ring (bicyclic) bond motifs is 1.